The Hall–Kier alpha value is -6.38. The zero-order valence-corrected chi connectivity index (χ0v) is 31.1. The third kappa shape index (κ3) is 4.23. The first-order valence-corrected chi connectivity index (χ1v) is 19.1. The Bertz CT molecular complexity index is 2980. The molecule has 0 radical (unpaired) electrons. The van der Waals surface area contributed by atoms with Crippen LogP contribution in [0, 0.1) is 0 Å². The predicted octanol–water partition coefficient (Wildman–Crippen LogP) is 14.0. The van der Waals surface area contributed by atoms with Gasteiger partial charge in [-0.1, -0.05) is 143 Å². The van der Waals surface area contributed by atoms with Gasteiger partial charge in [0.25, 0.3) is 0 Å². The van der Waals surface area contributed by atoms with Crippen molar-refractivity contribution in [3.63, 3.8) is 0 Å². The second-order valence-electron chi connectivity index (χ2n) is 16.2. The van der Waals surface area contributed by atoms with Gasteiger partial charge in [-0.25, -0.2) is 0 Å². The van der Waals surface area contributed by atoms with Gasteiger partial charge in [0.2, 0.25) is 0 Å². The molecule has 1 aliphatic heterocycles. The molecular formula is C52H40N2. The van der Waals surface area contributed by atoms with Gasteiger partial charge in [0.05, 0.1) is 16.7 Å². The topological polar surface area (TPSA) is 8.17 Å². The van der Waals surface area contributed by atoms with E-state index >= 15 is 0 Å². The predicted molar refractivity (Wildman–Crippen MR) is 228 cm³/mol. The van der Waals surface area contributed by atoms with E-state index in [-0.39, 0.29) is 10.8 Å². The van der Waals surface area contributed by atoms with E-state index in [1.165, 1.54) is 88.5 Å². The molecule has 2 nitrogen and oxygen atoms in total. The lowest BCUT2D eigenvalue weighted by molar-refractivity contribution is 0.636. The van der Waals surface area contributed by atoms with Crippen molar-refractivity contribution in [1.29, 1.82) is 0 Å². The molecule has 9 aromatic rings. The molecule has 8 aromatic carbocycles. The average molecular weight is 693 g/mol. The van der Waals surface area contributed by atoms with Gasteiger partial charge < -0.3 is 9.47 Å². The minimum absolute atomic E-state index is 0.0677. The van der Waals surface area contributed by atoms with Gasteiger partial charge in [0.15, 0.2) is 0 Å². The molecule has 0 spiro atoms. The van der Waals surface area contributed by atoms with Gasteiger partial charge in [0.1, 0.15) is 0 Å². The fourth-order valence-electron chi connectivity index (χ4n) is 9.90. The number of nitrogens with zero attached hydrogens (tertiary/aromatic N) is 2. The fourth-order valence-corrected chi connectivity index (χ4v) is 9.90. The minimum atomic E-state index is -0.137. The Balaban J connectivity index is 1.03. The molecule has 2 heterocycles. The lowest BCUT2D eigenvalue weighted by Gasteiger charge is -2.35. The summed E-state index contributed by atoms with van der Waals surface area (Å²) < 4.78 is 2.52. The zero-order chi connectivity index (χ0) is 36.3. The molecule has 0 bridgehead atoms. The molecule has 258 valence electrons. The summed E-state index contributed by atoms with van der Waals surface area (Å²) in [6.45, 7) is 9.49. The third-order valence-electron chi connectivity index (χ3n) is 12.5. The zero-order valence-electron chi connectivity index (χ0n) is 31.1. The fraction of sp³-hybridized carbons (Fsp3) is 0.115. The van der Waals surface area contributed by atoms with Gasteiger partial charge in [-0.2, -0.15) is 0 Å². The summed E-state index contributed by atoms with van der Waals surface area (Å²) in [6, 6.07) is 63.1. The number of rotatable bonds is 4. The Morgan fingerprint density at radius 3 is 1.94 bits per heavy atom. The first kappa shape index (κ1) is 31.2. The van der Waals surface area contributed by atoms with Crippen molar-refractivity contribution in [2.24, 2.45) is 0 Å². The minimum Gasteiger partial charge on any atom is -0.310 e. The van der Waals surface area contributed by atoms with Crippen molar-refractivity contribution in [2.45, 2.75) is 38.5 Å². The van der Waals surface area contributed by atoms with Crippen LogP contribution in [0.15, 0.2) is 170 Å². The maximum atomic E-state index is 2.52. The Morgan fingerprint density at radius 1 is 0.426 bits per heavy atom. The van der Waals surface area contributed by atoms with Crippen LogP contribution in [0.2, 0.25) is 0 Å². The van der Waals surface area contributed by atoms with Gasteiger partial charge >= 0.3 is 0 Å². The summed E-state index contributed by atoms with van der Waals surface area (Å²) in [4.78, 5) is 2.39. The molecule has 0 saturated heterocycles. The number of anilines is 3. The molecule has 0 atom stereocenters. The van der Waals surface area contributed by atoms with E-state index < -0.39 is 0 Å². The van der Waals surface area contributed by atoms with Crippen LogP contribution in [0.5, 0.6) is 0 Å². The lowest BCUT2D eigenvalue weighted by Crippen LogP contribution is -2.26. The van der Waals surface area contributed by atoms with Gasteiger partial charge in [-0.15, -0.1) is 0 Å². The van der Waals surface area contributed by atoms with Crippen LogP contribution >= 0.6 is 0 Å². The molecule has 11 rings (SSSR count). The molecular weight excluding hydrogens is 653 g/mol. The molecule has 2 heteroatoms. The highest BCUT2D eigenvalue weighted by molar-refractivity contribution is 6.13. The SMILES string of the molecule is CC1(C)c2ccccc2-c2ccc(N(c3ccccc3)c3ccc(-c4ccc5c(c4)c4cccc6c4n5-c4ccc5ccccc5c4C6(C)C)cc3)cc21. The van der Waals surface area contributed by atoms with Crippen molar-refractivity contribution in [1.82, 2.24) is 4.57 Å². The molecule has 2 aliphatic rings. The van der Waals surface area contributed by atoms with Crippen LogP contribution < -0.4 is 4.90 Å². The Morgan fingerprint density at radius 2 is 1.09 bits per heavy atom. The van der Waals surface area contributed by atoms with Gasteiger partial charge in [0, 0.05) is 38.7 Å². The van der Waals surface area contributed by atoms with E-state index in [2.05, 4.69) is 207 Å². The molecule has 1 aromatic heterocycles. The molecule has 0 N–H and O–H groups in total. The van der Waals surface area contributed by atoms with E-state index in [9.17, 15) is 0 Å². The van der Waals surface area contributed by atoms with E-state index in [1.54, 1.807) is 0 Å². The van der Waals surface area contributed by atoms with Crippen molar-refractivity contribution < 1.29 is 0 Å². The summed E-state index contributed by atoms with van der Waals surface area (Å²) >= 11 is 0. The molecule has 0 amide bonds. The number of aromatic nitrogens is 1. The van der Waals surface area contributed by atoms with Crippen molar-refractivity contribution in [2.75, 3.05) is 4.90 Å². The number of benzene rings is 8. The number of fused-ring (bicyclic) bond motifs is 10. The maximum absolute atomic E-state index is 2.52. The van der Waals surface area contributed by atoms with Crippen LogP contribution in [-0.4, -0.2) is 4.57 Å². The molecule has 1 aliphatic carbocycles. The molecule has 54 heavy (non-hydrogen) atoms. The van der Waals surface area contributed by atoms with Crippen LogP contribution in [0.3, 0.4) is 0 Å². The standard InChI is InChI=1S/C52H40N2/c1-51(2)44-19-11-10-17-40(44)41-28-27-38(32-46(41)51)53(36-14-6-5-7-15-36)37-25-21-33(22-26-37)35-24-29-47-43(31-35)42-18-12-20-45-50(42)54(47)48-30-23-34-13-8-9-16-39(34)49(48)52(45,3)4/h5-32H,1-4H3. The summed E-state index contributed by atoms with van der Waals surface area (Å²) in [6.07, 6.45) is 0. The highest BCUT2D eigenvalue weighted by atomic mass is 15.1. The van der Waals surface area contributed by atoms with Gasteiger partial charge in [-0.3, -0.25) is 0 Å². The van der Waals surface area contributed by atoms with E-state index in [4.69, 9.17) is 0 Å². The van der Waals surface area contributed by atoms with Gasteiger partial charge in [-0.05, 0) is 110 Å². The highest BCUT2D eigenvalue weighted by Crippen LogP contribution is 2.52. The quantitative estimate of drug-likeness (QED) is 0.178. The normalized spacial score (nSPS) is 14.6. The monoisotopic (exact) mass is 692 g/mol. The molecule has 0 unspecified atom stereocenters. The number of para-hydroxylation sites is 2. The van der Waals surface area contributed by atoms with E-state index in [1.807, 2.05) is 0 Å². The second-order valence-corrected chi connectivity index (χ2v) is 16.2. The first-order valence-electron chi connectivity index (χ1n) is 19.1. The smallest absolute Gasteiger partial charge is 0.0582 e. The van der Waals surface area contributed by atoms with Crippen molar-refractivity contribution in [3.05, 3.63) is 192 Å². The summed E-state index contributed by atoms with van der Waals surface area (Å²) in [5.41, 5.74) is 17.8. The number of hydrogen-bond donors (Lipinski definition) is 0. The Labute approximate surface area is 316 Å². The summed E-state index contributed by atoms with van der Waals surface area (Å²) in [5, 5.41) is 5.22. The maximum Gasteiger partial charge on any atom is 0.0582 e. The summed E-state index contributed by atoms with van der Waals surface area (Å²) in [5.74, 6) is 0. The van der Waals surface area contributed by atoms with Crippen LogP contribution in [0.1, 0.15) is 49.9 Å². The van der Waals surface area contributed by atoms with E-state index in [0.29, 0.717) is 0 Å². The highest BCUT2D eigenvalue weighted by Gasteiger charge is 2.37. The third-order valence-corrected chi connectivity index (χ3v) is 12.5. The van der Waals surface area contributed by atoms with Crippen LogP contribution in [-0.2, 0) is 10.8 Å². The largest absolute Gasteiger partial charge is 0.310 e. The van der Waals surface area contributed by atoms with E-state index in [0.717, 1.165) is 11.4 Å². The second kappa shape index (κ2) is 11.1. The van der Waals surface area contributed by atoms with Crippen LogP contribution in [0.25, 0.3) is 60.5 Å². The average Bonchev–Trinajstić information content (AvgIpc) is 3.66. The van der Waals surface area contributed by atoms with Crippen LogP contribution in [0.4, 0.5) is 17.1 Å². The molecule has 0 saturated carbocycles. The lowest BCUT2D eigenvalue weighted by atomic mass is 9.73. The van der Waals surface area contributed by atoms with Crippen molar-refractivity contribution in [3.8, 4) is 27.9 Å². The molecule has 0 fully saturated rings. The van der Waals surface area contributed by atoms with Crippen molar-refractivity contribution >= 4 is 49.6 Å². The number of hydrogen-bond acceptors (Lipinski definition) is 1. The first-order chi connectivity index (χ1) is 26.3. The summed E-state index contributed by atoms with van der Waals surface area (Å²) in [7, 11) is 0. The Kier molecular flexibility index (Phi) is 6.39.